The largest absolute Gasteiger partial charge is 0.468 e. The summed E-state index contributed by atoms with van der Waals surface area (Å²) in [6, 6.07) is 0. The molecule has 0 saturated heterocycles. The van der Waals surface area contributed by atoms with Gasteiger partial charge >= 0.3 is 5.97 Å². The Hall–Kier alpha value is -0.570. The zero-order valence-electron chi connectivity index (χ0n) is 7.31. The van der Waals surface area contributed by atoms with E-state index in [0.717, 1.165) is 12.8 Å². The molecule has 0 spiro atoms. The molecule has 3 heteroatoms. The van der Waals surface area contributed by atoms with Crippen molar-refractivity contribution in [2.24, 2.45) is 11.1 Å². The molecule has 64 valence electrons. The fourth-order valence-corrected chi connectivity index (χ4v) is 1.45. The third-order valence-electron chi connectivity index (χ3n) is 2.90. The number of rotatable bonds is 1. The minimum atomic E-state index is -0.734. The van der Waals surface area contributed by atoms with Gasteiger partial charge in [-0.25, -0.2) is 0 Å². The predicted octanol–water partition coefficient (Wildman–Crippen LogP) is 0.677. The second kappa shape index (κ2) is 2.21. The van der Waals surface area contributed by atoms with E-state index < -0.39 is 5.54 Å². The standard InChI is InChI=1S/C8H15NO2/c1-7(2)4-5-8(7,9)6(10)11-3/h4-5,9H2,1-3H3. The molecule has 0 radical (unpaired) electrons. The van der Waals surface area contributed by atoms with Crippen LogP contribution in [0.15, 0.2) is 0 Å². The van der Waals surface area contributed by atoms with E-state index in [1.54, 1.807) is 0 Å². The van der Waals surface area contributed by atoms with Gasteiger partial charge in [0.1, 0.15) is 5.54 Å². The molecular weight excluding hydrogens is 142 g/mol. The summed E-state index contributed by atoms with van der Waals surface area (Å²) < 4.78 is 4.63. The van der Waals surface area contributed by atoms with Crippen molar-refractivity contribution >= 4 is 5.97 Å². The Bertz CT molecular complexity index is 189. The molecule has 0 aromatic heterocycles. The van der Waals surface area contributed by atoms with Gasteiger partial charge in [-0.2, -0.15) is 0 Å². The molecule has 1 aliphatic rings. The van der Waals surface area contributed by atoms with Crippen LogP contribution < -0.4 is 5.73 Å². The van der Waals surface area contributed by atoms with Gasteiger partial charge in [-0.05, 0) is 18.3 Å². The van der Waals surface area contributed by atoms with Crippen molar-refractivity contribution < 1.29 is 9.53 Å². The van der Waals surface area contributed by atoms with Gasteiger partial charge in [-0.1, -0.05) is 13.8 Å². The van der Waals surface area contributed by atoms with Gasteiger partial charge in [-0.15, -0.1) is 0 Å². The lowest BCUT2D eigenvalue weighted by Gasteiger charge is -2.51. The smallest absolute Gasteiger partial charge is 0.326 e. The Morgan fingerprint density at radius 2 is 2.00 bits per heavy atom. The quantitative estimate of drug-likeness (QED) is 0.569. The van der Waals surface area contributed by atoms with Crippen LogP contribution in [0, 0.1) is 5.41 Å². The lowest BCUT2D eigenvalue weighted by Crippen LogP contribution is -2.66. The molecule has 0 bridgehead atoms. The highest BCUT2D eigenvalue weighted by atomic mass is 16.5. The van der Waals surface area contributed by atoms with Crippen LogP contribution in [0.2, 0.25) is 0 Å². The first-order valence-electron chi connectivity index (χ1n) is 3.81. The predicted molar refractivity (Wildman–Crippen MR) is 41.9 cm³/mol. The first-order chi connectivity index (χ1) is 4.94. The molecule has 1 aliphatic carbocycles. The first kappa shape index (κ1) is 8.53. The van der Waals surface area contributed by atoms with Crippen LogP contribution in [0.25, 0.3) is 0 Å². The van der Waals surface area contributed by atoms with E-state index in [-0.39, 0.29) is 11.4 Å². The molecule has 1 fully saturated rings. The molecule has 0 amide bonds. The molecule has 0 heterocycles. The number of carbonyl (C=O) groups excluding carboxylic acids is 1. The van der Waals surface area contributed by atoms with Crippen LogP contribution in [-0.4, -0.2) is 18.6 Å². The van der Waals surface area contributed by atoms with Crippen LogP contribution in [0.3, 0.4) is 0 Å². The third-order valence-corrected chi connectivity index (χ3v) is 2.90. The lowest BCUT2D eigenvalue weighted by atomic mass is 9.57. The van der Waals surface area contributed by atoms with Gasteiger partial charge < -0.3 is 10.5 Å². The Labute approximate surface area is 66.9 Å². The maximum atomic E-state index is 11.2. The Morgan fingerprint density at radius 3 is 2.09 bits per heavy atom. The van der Waals surface area contributed by atoms with Gasteiger partial charge in [-0.3, -0.25) is 4.79 Å². The van der Waals surface area contributed by atoms with Gasteiger partial charge in [0.15, 0.2) is 0 Å². The van der Waals surface area contributed by atoms with Crippen LogP contribution in [0.5, 0.6) is 0 Å². The number of nitrogens with two attached hydrogens (primary N) is 1. The molecule has 0 aliphatic heterocycles. The van der Waals surface area contributed by atoms with Crippen molar-refractivity contribution in [3.63, 3.8) is 0 Å². The molecule has 0 aromatic carbocycles. The van der Waals surface area contributed by atoms with E-state index >= 15 is 0 Å². The summed E-state index contributed by atoms with van der Waals surface area (Å²) in [6.45, 7) is 3.99. The Morgan fingerprint density at radius 1 is 1.45 bits per heavy atom. The number of hydrogen-bond donors (Lipinski definition) is 1. The number of ether oxygens (including phenoxy) is 1. The molecule has 1 atom stereocenters. The highest BCUT2D eigenvalue weighted by molar-refractivity contribution is 5.83. The second-order valence-electron chi connectivity index (χ2n) is 3.85. The summed E-state index contributed by atoms with van der Waals surface area (Å²) in [4.78, 5) is 11.2. The van der Waals surface area contributed by atoms with E-state index in [2.05, 4.69) is 4.74 Å². The third kappa shape index (κ3) is 0.948. The second-order valence-corrected chi connectivity index (χ2v) is 3.85. The van der Waals surface area contributed by atoms with E-state index in [1.807, 2.05) is 13.8 Å². The van der Waals surface area contributed by atoms with Crippen LogP contribution in [0.4, 0.5) is 0 Å². The minimum absolute atomic E-state index is 0.0971. The fraction of sp³-hybridized carbons (Fsp3) is 0.875. The van der Waals surface area contributed by atoms with Crippen molar-refractivity contribution in [1.29, 1.82) is 0 Å². The number of esters is 1. The van der Waals surface area contributed by atoms with Crippen LogP contribution in [0.1, 0.15) is 26.7 Å². The molecule has 1 rings (SSSR count). The Kier molecular flexibility index (Phi) is 1.71. The number of hydrogen-bond acceptors (Lipinski definition) is 3. The molecule has 3 nitrogen and oxygen atoms in total. The number of methoxy groups -OCH3 is 1. The SMILES string of the molecule is COC(=O)C1(N)CCC1(C)C. The summed E-state index contributed by atoms with van der Waals surface area (Å²) in [7, 11) is 1.38. The summed E-state index contributed by atoms with van der Waals surface area (Å²) in [5.74, 6) is -0.284. The first-order valence-corrected chi connectivity index (χ1v) is 3.81. The van der Waals surface area contributed by atoms with E-state index in [4.69, 9.17) is 5.73 Å². The number of carbonyl (C=O) groups is 1. The monoisotopic (exact) mass is 157 g/mol. The normalized spacial score (nSPS) is 34.2. The zero-order chi connectivity index (χ0) is 8.70. The molecule has 1 saturated carbocycles. The zero-order valence-corrected chi connectivity index (χ0v) is 7.31. The summed E-state index contributed by atoms with van der Waals surface area (Å²) in [6.07, 6.45) is 1.74. The van der Waals surface area contributed by atoms with Gasteiger partial charge in [0, 0.05) is 0 Å². The lowest BCUT2D eigenvalue weighted by molar-refractivity contribution is -0.159. The molecular formula is C8H15NO2. The van der Waals surface area contributed by atoms with Gasteiger partial charge in [0.05, 0.1) is 7.11 Å². The summed E-state index contributed by atoms with van der Waals surface area (Å²) in [5, 5.41) is 0. The average Bonchev–Trinajstić information content (AvgIpc) is 1.99. The molecule has 11 heavy (non-hydrogen) atoms. The van der Waals surface area contributed by atoms with Crippen molar-refractivity contribution in [3.05, 3.63) is 0 Å². The summed E-state index contributed by atoms with van der Waals surface area (Å²) >= 11 is 0. The van der Waals surface area contributed by atoms with Crippen molar-refractivity contribution in [2.75, 3.05) is 7.11 Å². The van der Waals surface area contributed by atoms with Crippen molar-refractivity contribution in [1.82, 2.24) is 0 Å². The van der Waals surface area contributed by atoms with Crippen LogP contribution >= 0.6 is 0 Å². The maximum absolute atomic E-state index is 11.2. The van der Waals surface area contributed by atoms with Gasteiger partial charge in [0.25, 0.3) is 0 Å². The van der Waals surface area contributed by atoms with Crippen LogP contribution in [-0.2, 0) is 9.53 Å². The van der Waals surface area contributed by atoms with E-state index in [1.165, 1.54) is 7.11 Å². The maximum Gasteiger partial charge on any atom is 0.326 e. The topological polar surface area (TPSA) is 52.3 Å². The fourth-order valence-electron chi connectivity index (χ4n) is 1.45. The molecule has 1 unspecified atom stereocenters. The molecule has 0 aromatic rings. The summed E-state index contributed by atoms with van der Waals surface area (Å²) in [5.41, 5.74) is 5.03. The average molecular weight is 157 g/mol. The van der Waals surface area contributed by atoms with E-state index in [0.29, 0.717) is 0 Å². The highest BCUT2D eigenvalue weighted by Gasteiger charge is 2.56. The van der Waals surface area contributed by atoms with Crippen molar-refractivity contribution in [3.8, 4) is 0 Å². The minimum Gasteiger partial charge on any atom is -0.468 e. The van der Waals surface area contributed by atoms with Crippen molar-refractivity contribution in [2.45, 2.75) is 32.2 Å². The Balaban J connectivity index is 2.77. The highest BCUT2D eigenvalue weighted by Crippen LogP contribution is 2.48. The van der Waals surface area contributed by atoms with Gasteiger partial charge in [0.2, 0.25) is 0 Å². The molecule has 2 N–H and O–H groups in total. The van der Waals surface area contributed by atoms with E-state index in [9.17, 15) is 4.79 Å².